The lowest BCUT2D eigenvalue weighted by molar-refractivity contribution is -0.154. The molecule has 1 aliphatic rings. The molecule has 1 amide bonds. The van der Waals surface area contributed by atoms with Crippen molar-refractivity contribution in [1.82, 2.24) is 9.62 Å². The van der Waals surface area contributed by atoms with Crippen molar-refractivity contribution < 1.29 is 27.9 Å². The van der Waals surface area contributed by atoms with Crippen LogP contribution in [-0.2, 0) is 19.6 Å². The molecule has 0 radical (unpaired) electrons. The maximum Gasteiger partial charge on any atom is 0.334 e. The molecule has 1 unspecified atom stereocenters. The van der Waals surface area contributed by atoms with Crippen molar-refractivity contribution in [2.45, 2.75) is 11.0 Å². The largest absolute Gasteiger partial charge is 0.479 e. The number of amides is 1. The van der Waals surface area contributed by atoms with Crippen LogP contribution in [0.3, 0.4) is 0 Å². The fraction of sp³-hybridized carbons (Fsp3) is 0.333. The molecule has 24 heavy (non-hydrogen) atoms. The lowest BCUT2D eigenvalue weighted by Gasteiger charge is -2.31. The molecule has 2 rings (SSSR count). The number of carboxylic acid groups (broad SMARTS) is 1. The molecule has 128 valence electrons. The zero-order valence-corrected chi connectivity index (χ0v) is 13.5. The molecule has 1 aromatic carbocycles. The van der Waals surface area contributed by atoms with Crippen LogP contribution in [0, 0.1) is 12.3 Å². The Balaban J connectivity index is 2.20. The summed E-state index contributed by atoms with van der Waals surface area (Å²) in [4.78, 5) is 24.7. The summed E-state index contributed by atoms with van der Waals surface area (Å²) in [5.41, 5.74) is 0.143. The molecule has 8 nitrogen and oxygen atoms in total. The van der Waals surface area contributed by atoms with E-state index in [4.69, 9.17) is 16.3 Å². The van der Waals surface area contributed by atoms with Gasteiger partial charge in [0, 0.05) is 12.1 Å². The van der Waals surface area contributed by atoms with Gasteiger partial charge in [0.2, 0.25) is 10.0 Å². The van der Waals surface area contributed by atoms with Gasteiger partial charge in [0.1, 0.15) is 0 Å². The summed E-state index contributed by atoms with van der Waals surface area (Å²) in [6.07, 6.45) is 3.94. The lowest BCUT2D eigenvalue weighted by atomic mass is 10.1. The molecule has 1 aliphatic heterocycles. The molecular formula is C15H16N2O6S. The standard InChI is InChI=1S/C15H16N2O6S/c1-2-6-16-24(21,22)12-5-3-4-11(9-12)14(18)17-7-8-23-13(10-17)15(19)20/h1,3-5,9,13,16H,6-8,10H2,(H,19,20). The predicted molar refractivity (Wildman–Crippen MR) is 83.7 cm³/mol. The van der Waals surface area contributed by atoms with E-state index in [-0.39, 0.29) is 36.7 Å². The Morgan fingerprint density at radius 2 is 2.21 bits per heavy atom. The van der Waals surface area contributed by atoms with Gasteiger partial charge in [-0.25, -0.2) is 13.2 Å². The van der Waals surface area contributed by atoms with Gasteiger partial charge >= 0.3 is 5.97 Å². The number of sulfonamides is 1. The number of nitrogens with one attached hydrogen (secondary N) is 1. The first-order chi connectivity index (χ1) is 11.3. The monoisotopic (exact) mass is 352 g/mol. The highest BCUT2D eigenvalue weighted by molar-refractivity contribution is 7.89. The second kappa shape index (κ2) is 7.44. The summed E-state index contributed by atoms with van der Waals surface area (Å²) in [7, 11) is -3.82. The van der Waals surface area contributed by atoms with Gasteiger partial charge in [-0.2, -0.15) is 4.72 Å². The quantitative estimate of drug-likeness (QED) is 0.693. The van der Waals surface area contributed by atoms with E-state index in [9.17, 15) is 18.0 Å². The van der Waals surface area contributed by atoms with Crippen molar-refractivity contribution in [3.05, 3.63) is 29.8 Å². The van der Waals surface area contributed by atoms with Crippen LogP contribution in [0.2, 0.25) is 0 Å². The number of morpholine rings is 1. The summed E-state index contributed by atoms with van der Waals surface area (Å²) >= 11 is 0. The van der Waals surface area contributed by atoms with E-state index >= 15 is 0 Å². The van der Waals surface area contributed by atoms with E-state index < -0.39 is 28.0 Å². The normalized spacial score (nSPS) is 18.0. The Morgan fingerprint density at radius 3 is 2.88 bits per heavy atom. The predicted octanol–water partition coefficient (Wildman–Crippen LogP) is -0.476. The summed E-state index contributed by atoms with van der Waals surface area (Å²) in [6, 6.07) is 5.47. The molecule has 9 heteroatoms. The van der Waals surface area contributed by atoms with Crippen LogP contribution in [0.4, 0.5) is 0 Å². The number of aliphatic carboxylic acids is 1. The van der Waals surface area contributed by atoms with Crippen molar-refractivity contribution in [2.75, 3.05) is 26.2 Å². The van der Waals surface area contributed by atoms with Crippen molar-refractivity contribution in [2.24, 2.45) is 0 Å². The Labute approximate surface area is 139 Å². The van der Waals surface area contributed by atoms with E-state index in [1.165, 1.54) is 29.2 Å². The van der Waals surface area contributed by atoms with Crippen LogP contribution in [0.15, 0.2) is 29.2 Å². The second-order valence-electron chi connectivity index (χ2n) is 5.01. The van der Waals surface area contributed by atoms with E-state index in [1.807, 2.05) is 0 Å². The molecule has 1 atom stereocenters. The minimum absolute atomic E-state index is 0.0911. The van der Waals surface area contributed by atoms with Gasteiger partial charge in [0.15, 0.2) is 6.10 Å². The van der Waals surface area contributed by atoms with Crippen LogP contribution in [-0.4, -0.2) is 62.6 Å². The van der Waals surface area contributed by atoms with E-state index in [2.05, 4.69) is 10.6 Å². The maximum absolute atomic E-state index is 12.5. The first kappa shape index (κ1) is 17.9. The van der Waals surface area contributed by atoms with Gasteiger partial charge < -0.3 is 14.7 Å². The molecule has 1 aromatic rings. The first-order valence-electron chi connectivity index (χ1n) is 7.02. The van der Waals surface area contributed by atoms with Crippen molar-refractivity contribution in [3.63, 3.8) is 0 Å². The van der Waals surface area contributed by atoms with Gasteiger partial charge in [-0.3, -0.25) is 4.79 Å². The summed E-state index contributed by atoms with van der Waals surface area (Å²) in [5.74, 6) is 0.553. The highest BCUT2D eigenvalue weighted by Crippen LogP contribution is 2.15. The zero-order chi connectivity index (χ0) is 17.7. The van der Waals surface area contributed by atoms with Crippen molar-refractivity contribution >= 4 is 21.9 Å². The number of carbonyl (C=O) groups is 2. The van der Waals surface area contributed by atoms with Crippen molar-refractivity contribution in [3.8, 4) is 12.3 Å². The molecule has 2 N–H and O–H groups in total. The number of benzene rings is 1. The molecule has 0 aromatic heterocycles. The molecular weight excluding hydrogens is 336 g/mol. The molecule has 1 heterocycles. The van der Waals surface area contributed by atoms with Gasteiger partial charge in [0.25, 0.3) is 5.91 Å². The number of carboxylic acids is 1. The number of terminal acetylenes is 1. The number of ether oxygens (including phenoxy) is 1. The van der Waals surface area contributed by atoms with Gasteiger partial charge in [-0.1, -0.05) is 12.0 Å². The maximum atomic E-state index is 12.5. The van der Waals surface area contributed by atoms with Crippen molar-refractivity contribution in [1.29, 1.82) is 0 Å². The minimum atomic E-state index is -3.82. The Hall–Kier alpha value is -2.41. The number of nitrogens with zero attached hydrogens (tertiary/aromatic N) is 1. The van der Waals surface area contributed by atoms with Crippen LogP contribution in [0.1, 0.15) is 10.4 Å². The topological polar surface area (TPSA) is 113 Å². The average molecular weight is 352 g/mol. The van der Waals surface area contributed by atoms with Gasteiger partial charge in [0.05, 0.1) is 24.6 Å². The molecule has 0 bridgehead atoms. The Bertz CT molecular complexity index is 783. The second-order valence-corrected chi connectivity index (χ2v) is 6.77. The third-order valence-corrected chi connectivity index (χ3v) is 4.78. The molecule has 0 aliphatic carbocycles. The number of hydrogen-bond acceptors (Lipinski definition) is 5. The number of rotatable bonds is 5. The Kier molecular flexibility index (Phi) is 5.56. The number of carbonyl (C=O) groups excluding carboxylic acids is 1. The molecule has 0 spiro atoms. The molecule has 1 saturated heterocycles. The SMILES string of the molecule is C#CCNS(=O)(=O)c1cccc(C(=O)N2CCOC(C(=O)O)C2)c1. The fourth-order valence-corrected chi connectivity index (χ4v) is 3.16. The highest BCUT2D eigenvalue weighted by atomic mass is 32.2. The third-order valence-electron chi connectivity index (χ3n) is 3.38. The average Bonchev–Trinajstić information content (AvgIpc) is 2.59. The van der Waals surface area contributed by atoms with E-state index in [0.717, 1.165) is 0 Å². The van der Waals surface area contributed by atoms with Gasteiger partial charge in [-0.15, -0.1) is 6.42 Å². The highest BCUT2D eigenvalue weighted by Gasteiger charge is 2.29. The molecule has 0 saturated carbocycles. The minimum Gasteiger partial charge on any atom is -0.479 e. The zero-order valence-electron chi connectivity index (χ0n) is 12.6. The first-order valence-corrected chi connectivity index (χ1v) is 8.50. The van der Waals surface area contributed by atoms with E-state index in [0.29, 0.717) is 0 Å². The van der Waals surface area contributed by atoms with Crippen LogP contribution < -0.4 is 4.72 Å². The van der Waals surface area contributed by atoms with Gasteiger partial charge in [-0.05, 0) is 18.2 Å². The van der Waals surface area contributed by atoms with Crippen LogP contribution in [0.25, 0.3) is 0 Å². The lowest BCUT2D eigenvalue weighted by Crippen LogP contribution is -2.48. The van der Waals surface area contributed by atoms with E-state index in [1.54, 1.807) is 0 Å². The third kappa shape index (κ3) is 4.11. The summed E-state index contributed by atoms with van der Waals surface area (Å²) in [5, 5.41) is 8.97. The smallest absolute Gasteiger partial charge is 0.334 e. The van der Waals surface area contributed by atoms with Crippen LogP contribution >= 0.6 is 0 Å². The summed E-state index contributed by atoms with van der Waals surface area (Å²) in [6.45, 7) is 0.0735. The Morgan fingerprint density at radius 1 is 1.46 bits per heavy atom. The van der Waals surface area contributed by atoms with Crippen LogP contribution in [0.5, 0.6) is 0 Å². The molecule has 1 fully saturated rings. The fourth-order valence-electron chi connectivity index (χ4n) is 2.18. The number of hydrogen-bond donors (Lipinski definition) is 2. The summed E-state index contributed by atoms with van der Waals surface area (Å²) < 4.78 is 31.4.